The van der Waals surface area contributed by atoms with Gasteiger partial charge in [0.05, 0.1) is 5.56 Å². The lowest BCUT2D eigenvalue weighted by Crippen LogP contribution is -2.22. The van der Waals surface area contributed by atoms with E-state index in [1.807, 2.05) is 0 Å². The summed E-state index contributed by atoms with van der Waals surface area (Å²) >= 11 is 1.06. The Hall–Kier alpha value is -1.37. The van der Waals surface area contributed by atoms with Gasteiger partial charge in [-0.15, -0.1) is 0 Å². The number of hydrogen-bond acceptors (Lipinski definition) is 2. The van der Waals surface area contributed by atoms with Crippen LogP contribution >= 0.6 is 11.9 Å². The highest BCUT2D eigenvalue weighted by Gasteiger charge is 2.32. The molecule has 17 heavy (non-hydrogen) atoms. The van der Waals surface area contributed by atoms with Crippen LogP contribution in [0.15, 0.2) is 18.2 Å². The van der Waals surface area contributed by atoms with E-state index in [1.165, 1.54) is 19.1 Å². The topological polar surface area (TPSA) is 41.1 Å². The Labute approximate surface area is 101 Å². The molecule has 0 unspecified atom stereocenters. The maximum Gasteiger partial charge on any atom is 0.416 e. The number of nitrogens with one attached hydrogen (secondary N) is 2. The van der Waals surface area contributed by atoms with Crippen molar-refractivity contribution >= 4 is 23.7 Å². The summed E-state index contributed by atoms with van der Waals surface area (Å²) in [6, 6.07) is 3.09. The van der Waals surface area contributed by atoms with Gasteiger partial charge in [-0.1, -0.05) is 18.0 Å². The number of urea groups is 1. The molecular weight excluding hydrogens is 253 g/mol. The zero-order valence-electron chi connectivity index (χ0n) is 9.18. The number of anilines is 1. The molecular formula is C10H11F3N2OS. The molecule has 0 aliphatic carbocycles. The maximum atomic E-state index is 12.6. The fourth-order valence-electron chi connectivity index (χ4n) is 1.25. The standard InChI is InChI=1S/C10H11F3N2OS/c1-6-3-4-7(14-9(16)15-17-2)5-8(6)10(11,12)13/h3-5H,1-2H3,(H2,14,15,16). The first-order valence-corrected chi connectivity index (χ1v) is 5.85. The molecule has 0 fully saturated rings. The first kappa shape index (κ1) is 13.7. The van der Waals surface area contributed by atoms with E-state index in [2.05, 4.69) is 10.0 Å². The Morgan fingerprint density at radius 1 is 1.35 bits per heavy atom. The Balaban J connectivity index is 2.93. The lowest BCUT2D eigenvalue weighted by Gasteiger charge is -2.12. The van der Waals surface area contributed by atoms with E-state index in [4.69, 9.17) is 0 Å². The van der Waals surface area contributed by atoms with Crippen molar-refractivity contribution in [3.63, 3.8) is 0 Å². The molecule has 1 aromatic carbocycles. The maximum absolute atomic E-state index is 12.6. The molecule has 0 saturated carbocycles. The zero-order valence-corrected chi connectivity index (χ0v) is 10.00. The Morgan fingerprint density at radius 2 is 2.00 bits per heavy atom. The molecule has 3 nitrogen and oxygen atoms in total. The van der Waals surface area contributed by atoms with Gasteiger partial charge >= 0.3 is 12.2 Å². The normalized spacial score (nSPS) is 11.1. The predicted molar refractivity (Wildman–Crippen MR) is 61.9 cm³/mol. The van der Waals surface area contributed by atoms with Crippen LogP contribution in [0.4, 0.5) is 23.7 Å². The molecule has 0 bridgehead atoms. The average Bonchev–Trinajstić information content (AvgIpc) is 2.19. The van der Waals surface area contributed by atoms with Crippen LogP contribution in [0.1, 0.15) is 11.1 Å². The molecule has 1 rings (SSSR count). The van der Waals surface area contributed by atoms with Gasteiger partial charge in [-0.05, 0) is 24.6 Å². The molecule has 0 heterocycles. The van der Waals surface area contributed by atoms with Crippen LogP contribution in [-0.4, -0.2) is 12.3 Å². The molecule has 0 atom stereocenters. The van der Waals surface area contributed by atoms with E-state index in [0.717, 1.165) is 18.0 Å². The smallest absolute Gasteiger partial charge is 0.307 e. The number of hydrogen-bond donors (Lipinski definition) is 2. The highest BCUT2D eigenvalue weighted by atomic mass is 32.2. The third-order valence-corrected chi connectivity index (χ3v) is 2.39. The average molecular weight is 264 g/mol. The Bertz CT molecular complexity index is 421. The molecule has 0 spiro atoms. The number of carbonyl (C=O) groups excluding carboxylic acids is 1. The number of rotatable bonds is 2. The lowest BCUT2D eigenvalue weighted by molar-refractivity contribution is -0.138. The third kappa shape index (κ3) is 3.85. The SMILES string of the molecule is CSNC(=O)Nc1ccc(C)c(C(F)(F)F)c1. The summed E-state index contributed by atoms with van der Waals surface area (Å²) in [7, 11) is 0. The summed E-state index contributed by atoms with van der Waals surface area (Å²) in [4.78, 5) is 11.1. The van der Waals surface area contributed by atoms with Gasteiger partial charge in [0, 0.05) is 11.9 Å². The Morgan fingerprint density at radius 3 is 2.53 bits per heavy atom. The van der Waals surface area contributed by atoms with E-state index in [1.54, 1.807) is 6.26 Å². The molecule has 0 aromatic heterocycles. The van der Waals surface area contributed by atoms with Gasteiger partial charge in [-0.2, -0.15) is 13.2 Å². The second kappa shape index (κ2) is 5.31. The Kier molecular flexibility index (Phi) is 4.28. The van der Waals surface area contributed by atoms with Crippen LogP contribution < -0.4 is 10.0 Å². The van der Waals surface area contributed by atoms with E-state index < -0.39 is 17.8 Å². The van der Waals surface area contributed by atoms with Crippen LogP contribution in [0.5, 0.6) is 0 Å². The van der Waals surface area contributed by atoms with E-state index in [0.29, 0.717) is 0 Å². The molecule has 0 radical (unpaired) electrons. The van der Waals surface area contributed by atoms with Gasteiger partial charge in [0.1, 0.15) is 0 Å². The van der Waals surface area contributed by atoms with Gasteiger partial charge in [-0.3, -0.25) is 4.72 Å². The number of amides is 2. The van der Waals surface area contributed by atoms with Crippen molar-refractivity contribution in [2.24, 2.45) is 0 Å². The molecule has 0 aliphatic heterocycles. The van der Waals surface area contributed by atoms with E-state index >= 15 is 0 Å². The quantitative estimate of drug-likeness (QED) is 0.804. The molecule has 0 saturated heterocycles. The zero-order chi connectivity index (χ0) is 13.1. The first-order valence-electron chi connectivity index (χ1n) is 4.62. The van der Waals surface area contributed by atoms with Crippen molar-refractivity contribution in [2.45, 2.75) is 13.1 Å². The number of carbonyl (C=O) groups is 1. The van der Waals surface area contributed by atoms with Crippen LogP contribution in [0.2, 0.25) is 0 Å². The number of alkyl halides is 3. The van der Waals surface area contributed by atoms with Crippen LogP contribution in [0.3, 0.4) is 0 Å². The number of aryl methyl sites for hydroxylation is 1. The summed E-state index contributed by atoms with van der Waals surface area (Å²) in [5.74, 6) is 0. The summed E-state index contributed by atoms with van der Waals surface area (Å²) in [5.41, 5.74) is -0.526. The second-order valence-corrected chi connectivity index (χ2v) is 3.90. The van der Waals surface area contributed by atoms with Crippen molar-refractivity contribution in [2.75, 3.05) is 11.6 Å². The first-order chi connectivity index (χ1) is 7.84. The highest BCUT2D eigenvalue weighted by molar-refractivity contribution is 7.97. The minimum Gasteiger partial charge on any atom is -0.307 e. The second-order valence-electron chi connectivity index (χ2n) is 3.29. The molecule has 0 aliphatic rings. The molecule has 1 aromatic rings. The summed E-state index contributed by atoms with van der Waals surface area (Å²) in [6.07, 6.45) is -2.78. The summed E-state index contributed by atoms with van der Waals surface area (Å²) in [6.45, 7) is 1.37. The van der Waals surface area contributed by atoms with Gasteiger partial charge < -0.3 is 5.32 Å². The van der Waals surface area contributed by atoms with E-state index in [-0.39, 0.29) is 11.3 Å². The van der Waals surface area contributed by atoms with Crippen molar-refractivity contribution in [1.82, 2.24) is 4.72 Å². The molecule has 2 amide bonds. The molecule has 94 valence electrons. The highest BCUT2D eigenvalue weighted by Crippen LogP contribution is 2.33. The monoisotopic (exact) mass is 264 g/mol. The van der Waals surface area contributed by atoms with Crippen molar-refractivity contribution in [3.8, 4) is 0 Å². The van der Waals surface area contributed by atoms with Gasteiger partial charge in [0.2, 0.25) is 0 Å². The van der Waals surface area contributed by atoms with Crippen molar-refractivity contribution in [1.29, 1.82) is 0 Å². The summed E-state index contributed by atoms with van der Waals surface area (Å²) < 4.78 is 40.1. The molecule has 2 N–H and O–H groups in total. The molecule has 7 heteroatoms. The number of halogens is 3. The lowest BCUT2D eigenvalue weighted by atomic mass is 10.1. The van der Waals surface area contributed by atoms with Gasteiger partial charge in [0.25, 0.3) is 0 Å². The van der Waals surface area contributed by atoms with Crippen LogP contribution in [0.25, 0.3) is 0 Å². The fourth-order valence-corrected chi connectivity index (χ4v) is 1.49. The van der Waals surface area contributed by atoms with Crippen LogP contribution in [-0.2, 0) is 6.18 Å². The predicted octanol–water partition coefficient (Wildman–Crippen LogP) is 3.41. The van der Waals surface area contributed by atoms with Gasteiger partial charge in [-0.25, -0.2) is 4.79 Å². The largest absolute Gasteiger partial charge is 0.416 e. The van der Waals surface area contributed by atoms with Gasteiger partial charge in [0.15, 0.2) is 0 Å². The van der Waals surface area contributed by atoms with E-state index in [9.17, 15) is 18.0 Å². The third-order valence-electron chi connectivity index (χ3n) is 2.00. The van der Waals surface area contributed by atoms with Crippen LogP contribution in [0, 0.1) is 6.92 Å². The van der Waals surface area contributed by atoms with Crippen molar-refractivity contribution in [3.05, 3.63) is 29.3 Å². The number of benzene rings is 1. The fraction of sp³-hybridized carbons (Fsp3) is 0.300. The minimum atomic E-state index is -4.42. The summed E-state index contributed by atoms with van der Waals surface area (Å²) in [5, 5.41) is 2.31. The van der Waals surface area contributed by atoms with Crippen molar-refractivity contribution < 1.29 is 18.0 Å². The minimum absolute atomic E-state index is 0.106.